The molecule has 0 atom stereocenters. The number of tetrazole rings is 1. The predicted octanol–water partition coefficient (Wildman–Crippen LogP) is 1.42. The van der Waals surface area contributed by atoms with Crippen molar-refractivity contribution in [3.8, 4) is 5.75 Å². The van der Waals surface area contributed by atoms with Crippen LogP contribution in [0, 0.1) is 0 Å². The second-order valence-corrected chi connectivity index (χ2v) is 5.24. The summed E-state index contributed by atoms with van der Waals surface area (Å²) in [6, 6.07) is 5.44. The summed E-state index contributed by atoms with van der Waals surface area (Å²) in [6.45, 7) is 0.123. The molecule has 0 saturated heterocycles. The minimum absolute atomic E-state index is 0.0852. The van der Waals surface area contributed by atoms with E-state index in [0.717, 1.165) is 8.95 Å². The third-order valence-electron chi connectivity index (χ3n) is 2.09. The molecule has 2 N–H and O–H groups in total. The van der Waals surface area contributed by atoms with Gasteiger partial charge in [-0.2, -0.15) is 5.21 Å². The van der Waals surface area contributed by atoms with Crippen LogP contribution < -0.4 is 10.1 Å². The minimum atomic E-state index is -0.264. The molecule has 100 valence electrons. The van der Waals surface area contributed by atoms with Gasteiger partial charge in [0, 0.05) is 4.47 Å². The van der Waals surface area contributed by atoms with Crippen LogP contribution in [0.4, 0.5) is 0 Å². The van der Waals surface area contributed by atoms with Gasteiger partial charge in [-0.3, -0.25) is 4.79 Å². The molecule has 1 amide bonds. The average molecular weight is 391 g/mol. The highest BCUT2D eigenvalue weighted by Crippen LogP contribution is 2.27. The SMILES string of the molecule is O=C(COc1ccc(Br)cc1Br)NCc1nn[nH]n1. The summed E-state index contributed by atoms with van der Waals surface area (Å²) < 4.78 is 7.07. The zero-order valence-corrected chi connectivity index (χ0v) is 12.7. The Labute approximate surface area is 125 Å². The molecule has 0 fully saturated rings. The number of carbonyl (C=O) groups excluding carboxylic acids is 1. The Balaban J connectivity index is 1.80. The van der Waals surface area contributed by atoms with E-state index in [0.29, 0.717) is 11.6 Å². The topological polar surface area (TPSA) is 92.8 Å². The molecule has 0 aliphatic carbocycles. The first-order valence-electron chi connectivity index (χ1n) is 5.22. The summed E-state index contributed by atoms with van der Waals surface area (Å²) in [5.74, 6) is 0.746. The first kappa shape index (κ1) is 13.9. The van der Waals surface area contributed by atoms with E-state index >= 15 is 0 Å². The van der Waals surface area contributed by atoms with Crippen LogP contribution >= 0.6 is 31.9 Å². The van der Waals surface area contributed by atoms with E-state index in [1.807, 2.05) is 12.1 Å². The minimum Gasteiger partial charge on any atom is -0.483 e. The van der Waals surface area contributed by atoms with Crippen LogP contribution in [0.15, 0.2) is 27.1 Å². The number of rotatable bonds is 5. The average Bonchev–Trinajstić information content (AvgIpc) is 2.88. The molecular formula is C10H9Br2N5O2. The molecule has 2 rings (SSSR count). The largest absolute Gasteiger partial charge is 0.483 e. The van der Waals surface area contributed by atoms with E-state index in [4.69, 9.17) is 4.74 Å². The molecule has 0 unspecified atom stereocenters. The van der Waals surface area contributed by atoms with Crippen molar-refractivity contribution < 1.29 is 9.53 Å². The van der Waals surface area contributed by atoms with Gasteiger partial charge >= 0.3 is 0 Å². The molecule has 19 heavy (non-hydrogen) atoms. The van der Waals surface area contributed by atoms with Crippen LogP contribution in [0.2, 0.25) is 0 Å². The zero-order valence-electron chi connectivity index (χ0n) is 9.56. The van der Waals surface area contributed by atoms with Gasteiger partial charge in [-0.1, -0.05) is 21.1 Å². The van der Waals surface area contributed by atoms with Gasteiger partial charge < -0.3 is 10.1 Å². The van der Waals surface area contributed by atoms with Gasteiger partial charge in [0.05, 0.1) is 11.0 Å². The number of nitrogens with one attached hydrogen (secondary N) is 2. The van der Waals surface area contributed by atoms with Crippen molar-refractivity contribution in [1.82, 2.24) is 25.9 Å². The Morgan fingerprint density at radius 1 is 1.42 bits per heavy atom. The fourth-order valence-corrected chi connectivity index (χ4v) is 2.38. The van der Waals surface area contributed by atoms with E-state index < -0.39 is 0 Å². The number of hydrogen-bond acceptors (Lipinski definition) is 5. The fourth-order valence-electron chi connectivity index (χ4n) is 1.22. The van der Waals surface area contributed by atoms with E-state index in [-0.39, 0.29) is 19.1 Å². The second-order valence-electron chi connectivity index (χ2n) is 3.47. The van der Waals surface area contributed by atoms with Crippen molar-refractivity contribution >= 4 is 37.8 Å². The lowest BCUT2D eigenvalue weighted by Gasteiger charge is -2.08. The van der Waals surface area contributed by atoms with Crippen molar-refractivity contribution in [2.75, 3.05) is 6.61 Å². The summed E-state index contributed by atoms with van der Waals surface area (Å²) in [6.07, 6.45) is 0. The molecule has 1 aromatic heterocycles. The number of aromatic amines is 1. The summed E-state index contributed by atoms with van der Waals surface area (Å²) in [4.78, 5) is 11.5. The number of hydrogen-bond donors (Lipinski definition) is 2. The molecule has 0 spiro atoms. The monoisotopic (exact) mass is 389 g/mol. The highest BCUT2D eigenvalue weighted by atomic mass is 79.9. The van der Waals surface area contributed by atoms with Gasteiger partial charge in [-0.05, 0) is 34.1 Å². The number of aromatic nitrogens is 4. The molecule has 7 nitrogen and oxygen atoms in total. The lowest BCUT2D eigenvalue weighted by molar-refractivity contribution is -0.123. The molecule has 0 bridgehead atoms. The van der Waals surface area contributed by atoms with Gasteiger partial charge in [-0.25, -0.2) is 0 Å². The van der Waals surface area contributed by atoms with Crippen molar-refractivity contribution in [2.45, 2.75) is 6.54 Å². The van der Waals surface area contributed by atoms with Gasteiger partial charge in [0.2, 0.25) is 0 Å². The van der Waals surface area contributed by atoms with Gasteiger partial charge in [-0.15, -0.1) is 10.2 Å². The third-order valence-corrected chi connectivity index (χ3v) is 3.20. The maximum atomic E-state index is 11.5. The fraction of sp³-hybridized carbons (Fsp3) is 0.200. The summed E-state index contributed by atoms with van der Waals surface area (Å²) in [5.41, 5.74) is 0. The van der Waals surface area contributed by atoms with Crippen LogP contribution in [0.25, 0.3) is 0 Å². The van der Waals surface area contributed by atoms with Crippen LogP contribution in [-0.4, -0.2) is 33.1 Å². The lowest BCUT2D eigenvalue weighted by Crippen LogP contribution is -2.28. The number of carbonyl (C=O) groups is 1. The maximum Gasteiger partial charge on any atom is 0.258 e. The van der Waals surface area contributed by atoms with Crippen molar-refractivity contribution in [1.29, 1.82) is 0 Å². The van der Waals surface area contributed by atoms with Crippen molar-refractivity contribution in [3.63, 3.8) is 0 Å². The van der Waals surface area contributed by atoms with E-state index in [1.165, 1.54) is 0 Å². The normalized spacial score (nSPS) is 10.2. The molecule has 0 aliphatic heterocycles. The molecule has 1 heterocycles. The van der Waals surface area contributed by atoms with E-state index in [2.05, 4.69) is 57.8 Å². The van der Waals surface area contributed by atoms with Gasteiger partial charge in [0.25, 0.3) is 5.91 Å². The Kier molecular flexibility index (Phi) is 4.86. The summed E-state index contributed by atoms with van der Waals surface area (Å²) in [7, 11) is 0. The van der Waals surface area contributed by atoms with Crippen molar-refractivity contribution in [2.24, 2.45) is 0 Å². The number of halogens is 2. The number of benzene rings is 1. The highest BCUT2D eigenvalue weighted by molar-refractivity contribution is 9.11. The van der Waals surface area contributed by atoms with Crippen LogP contribution in [0.3, 0.4) is 0 Å². The summed E-state index contributed by atoms with van der Waals surface area (Å²) in [5, 5.41) is 15.7. The molecule has 2 aromatic rings. The lowest BCUT2D eigenvalue weighted by atomic mass is 10.3. The molecule has 1 aromatic carbocycles. The van der Waals surface area contributed by atoms with E-state index in [1.54, 1.807) is 6.07 Å². The van der Waals surface area contributed by atoms with Gasteiger partial charge in [0.1, 0.15) is 5.75 Å². The van der Waals surface area contributed by atoms with Crippen LogP contribution in [0.5, 0.6) is 5.75 Å². The first-order chi connectivity index (χ1) is 9.15. The Morgan fingerprint density at radius 3 is 2.95 bits per heavy atom. The third kappa shape index (κ3) is 4.28. The smallest absolute Gasteiger partial charge is 0.258 e. The number of amides is 1. The summed E-state index contributed by atoms with van der Waals surface area (Å²) >= 11 is 6.68. The number of nitrogens with zero attached hydrogens (tertiary/aromatic N) is 3. The highest BCUT2D eigenvalue weighted by Gasteiger charge is 2.07. The first-order valence-corrected chi connectivity index (χ1v) is 6.80. The van der Waals surface area contributed by atoms with E-state index in [9.17, 15) is 4.79 Å². The van der Waals surface area contributed by atoms with Crippen molar-refractivity contribution in [3.05, 3.63) is 33.0 Å². The maximum absolute atomic E-state index is 11.5. The molecule has 0 aliphatic rings. The number of H-pyrrole nitrogens is 1. The zero-order chi connectivity index (χ0) is 13.7. The molecule has 9 heteroatoms. The van der Waals surface area contributed by atoms with Crippen LogP contribution in [-0.2, 0) is 11.3 Å². The van der Waals surface area contributed by atoms with Gasteiger partial charge in [0.15, 0.2) is 12.4 Å². The molecule has 0 radical (unpaired) electrons. The quantitative estimate of drug-likeness (QED) is 0.805. The molecular weight excluding hydrogens is 382 g/mol. The predicted molar refractivity (Wildman–Crippen MR) is 73.4 cm³/mol. The second kappa shape index (κ2) is 6.62. The Morgan fingerprint density at radius 2 is 2.26 bits per heavy atom. The number of ether oxygens (including phenoxy) is 1. The Hall–Kier alpha value is -1.48. The molecule has 0 saturated carbocycles. The standard InChI is InChI=1S/C10H9Br2N5O2/c11-6-1-2-8(7(12)3-6)19-5-10(18)13-4-9-14-16-17-15-9/h1-3H,4-5H2,(H,13,18)(H,14,15,16,17). The Bertz CT molecular complexity index is 561. The van der Waals surface area contributed by atoms with Crippen LogP contribution in [0.1, 0.15) is 5.82 Å².